The highest BCUT2D eigenvalue weighted by molar-refractivity contribution is 5.94. The molecule has 5 heteroatoms. The highest BCUT2D eigenvalue weighted by Gasteiger charge is 2.49. The van der Waals surface area contributed by atoms with Crippen LogP contribution in [0.4, 0.5) is 0 Å². The SMILES string of the molecule is Cc1cccc(CN2C[C@H]3CN(C(=O)c4ccoc4)[C@H](c4ccccc4C)[C@H]3C2)n1. The summed E-state index contributed by atoms with van der Waals surface area (Å²) in [4.78, 5) is 22.5. The molecule has 0 saturated carbocycles. The molecule has 0 radical (unpaired) electrons. The van der Waals surface area contributed by atoms with Gasteiger partial charge in [-0.3, -0.25) is 14.7 Å². The summed E-state index contributed by atoms with van der Waals surface area (Å²) < 4.78 is 5.18. The third kappa shape index (κ3) is 3.43. The second-order valence-electron chi connectivity index (χ2n) is 8.66. The van der Waals surface area contributed by atoms with Gasteiger partial charge < -0.3 is 9.32 Å². The number of hydrogen-bond donors (Lipinski definition) is 0. The number of likely N-dealkylation sites (tertiary alicyclic amines) is 2. The molecule has 2 aliphatic heterocycles. The fourth-order valence-electron chi connectivity index (χ4n) is 5.26. The summed E-state index contributed by atoms with van der Waals surface area (Å²) in [6, 6.07) is 16.6. The van der Waals surface area contributed by atoms with Crippen molar-refractivity contribution in [1.29, 1.82) is 0 Å². The monoisotopic (exact) mass is 401 g/mol. The van der Waals surface area contributed by atoms with Crippen LogP contribution in [0.2, 0.25) is 0 Å². The van der Waals surface area contributed by atoms with Gasteiger partial charge in [-0.25, -0.2) is 0 Å². The molecule has 2 aromatic heterocycles. The predicted molar refractivity (Wildman–Crippen MR) is 115 cm³/mol. The Labute approximate surface area is 177 Å². The molecule has 2 fully saturated rings. The first-order valence-electron chi connectivity index (χ1n) is 10.6. The maximum Gasteiger partial charge on any atom is 0.257 e. The standard InChI is InChI=1S/C25H27N3O2/c1-17-6-3-4-9-22(17)24-23-15-27(14-21-8-5-7-18(2)26-21)12-20(23)13-28(24)25(29)19-10-11-30-16-19/h3-11,16,20,23-24H,12-15H2,1-2H3/t20-,23-,24+/m0/s1. The van der Waals surface area contributed by atoms with Gasteiger partial charge in [0.05, 0.1) is 23.6 Å². The lowest BCUT2D eigenvalue weighted by Gasteiger charge is -2.30. The minimum Gasteiger partial charge on any atom is -0.472 e. The predicted octanol–water partition coefficient (Wildman–Crippen LogP) is 4.24. The van der Waals surface area contributed by atoms with E-state index in [1.807, 2.05) is 13.0 Å². The summed E-state index contributed by atoms with van der Waals surface area (Å²) in [7, 11) is 0. The molecule has 0 unspecified atom stereocenters. The summed E-state index contributed by atoms with van der Waals surface area (Å²) in [5.74, 6) is 0.959. The maximum absolute atomic E-state index is 13.3. The average molecular weight is 402 g/mol. The van der Waals surface area contributed by atoms with E-state index in [2.05, 4.69) is 58.1 Å². The van der Waals surface area contributed by atoms with Gasteiger partial charge in [-0.15, -0.1) is 0 Å². The number of benzene rings is 1. The molecule has 3 aromatic rings. The normalized spacial score (nSPS) is 23.7. The minimum absolute atomic E-state index is 0.0679. The van der Waals surface area contributed by atoms with Gasteiger partial charge >= 0.3 is 0 Å². The van der Waals surface area contributed by atoms with Crippen molar-refractivity contribution in [2.75, 3.05) is 19.6 Å². The van der Waals surface area contributed by atoms with Crippen molar-refractivity contribution in [3.63, 3.8) is 0 Å². The second kappa shape index (κ2) is 7.73. The van der Waals surface area contributed by atoms with Crippen LogP contribution in [0.3, 0.4) is 0 Å². The van der Waals surface area contributed by atoms with Crippen LogP contribution >= 0.6 is 0 Å². The molecule has 1 aromatic carbocycles. The molecule has 0 N–H and O–H groups in total. The lowest BCUT2D eigenvalue weighted by Crippen LogP contribution is -2.35. The van der Waals surface area contributed by atoms with E-state index in [0.29, 0.717) is 17.4 Å². The Morgan fingerprint density at radius 2 is 1.93 bits per heavy atom. The van der Waals surface area contributed by atoms with Crippen LogP contribution < -0.4 is 0 Å². The lowest BCUT2D eigenvalue weighted by molar-refractivity contribution is 0.0698. The van der Waals surface area contributed by atoms with Gasteiger partial charge in [0.25, 0.3) is 5.91 Å². The number of carbonyl (C=O) groups is 1. The molecule has 154 valence electrons. The smallest absolute Gasteiger partial charge is 0.257 e. The number of amides is 1. The van der Waals surface area contributed by atoms with E-state index >= 15 is 0 Å². The van der Waals surface area contributed by atoms with Gasteiger partial charge in [0.15, 0.2) is 0 Å². The molecular weight excluding hydrogens is 374 g/mol. The largest absolute Gasteiger partial charge is 0.472 e. The van der Waals surface area contributed by atoms with Crippen LogP contribution in [0.1, 0.15) is 38.9 Å². The number of pyridine rings is 1. The Morgan fingerprint density at radius 3 is 2.70 bits per heavy atom. The topological polar surface area (TPSA) is 49.6 Å². The average Bonchev–Trinajstić information content (AvgIpc) is 3.44. The van der Waals surface area contributed by atoms with Crippen molar-refractivity contribution in [2.45, 2.75) is 26.4 Å². The Kier molecular flexibility index (Phi) is 4.91. The zero-order valence-corrected chi connectivity index (χ0v) is 17.5. The van der Waals surface area contributed by atoms with E-state index in [4.69, 9.17) is 4.42 Å². The van der Waals surface area contributed by atoms with Gasteiger partial charge in [-0.05, 0) is 49.1 Å². The molecular formula is C25H27N3O2. The summed E-state index contributed by atoms with van der Waals surface area (Å²) in [6.07, 6.45) is 3.13. The third-order valence-corrected chi connectivity index (χ3v) is 6.61. The van der Waals surface area contributed by atoms with Crippen LogP contribution in [0.25, 0.3) is 0 Å². The van der Waals surface area contributed by atoms with Crippen molar-refractivity contribution in [3.05, 3.63) is 89.1 Å². The quantitative estimate of drug-likeness (QED) is 0.656. The first-order chi connectivity index (χ1) is 14.6. The van der Waals surface area contributed by atoms with Crippen molar-refractivity contribution in [1.82, 2.24) is 14.8 Å². The molecule has 5 rings (SSSR count). The Balaban J connectivity index is 1.42. The summed E-state index contributed by atoms with van der Waals surface area (Å²) >= 11 is 0. The fraction of sp³-hybridized carbons (Fsp3) is 0.360. The summed E-state index contributed by atoms with van der Waals surface area (Å²) in [5, 5.41) is 0. The molecule has 2 saturated heterocycles. The van der Waals surface area contributed by atoms with E-state index < -0.39 is 0 Å². The van der Waals surface area contributed by atoms with Gasteiger partial charge in [0.2, 0.25) is 0 Å². The van der Waals surface area contributed by atoms with Crippen LogP contribution in [-0.2, 0) is 6.54 Å². The second-order valence-corrected chi connectivity index (χ2v) is 8.66. The number of aryl methyl sites for hydroxylation is 2. The van der Waals surface area contributed by atoms with Crippen molar-refractivity contribution < 1.29 is 9.21 Å². The van der Waals surface area contributed by atoms with E-state index in [1.54, 1.807) is 18.6 Å². The Morgan fingerprint density at radius 1 is 1.07 bits per heavy atom. The maximum atomic E-state index is 13.3. The molecule has 0 bridgehead atoms. The van der Waals surface area contributed by atoms with E-state index in [-0.39, 0.29) is 11.9 Å². The molecule has 0 spiro atoms. The van der Waals surface area contributed by atoms with Gasteiger partial charge in [-0.1, -0.05) is 30.3 Å². The minimum atomic E-state index is 0.0679. The van der Waals surface area contributed by atoms with Crippen LogP contribution in [-0.4, -0.2) is 40.3 Å². The zero-order chi connectivity index (χ0) is 20.7. The fourth-order valence-corrected chi connectivity index (χ4v) is 5.26. The van der Waals surface area contributed by atoms with E-state index in [9.17, 15) is 4.79 Å². The first-order valence-corrected chi connectivity index (χ1v) is 10.6. The number of nitrogens with zero attached hydrogens (tertiary/aromatic N) is 3. The highest BCUT2D eigenvalue weighted by Crippen LogP contribution is 2.46. The number of carbonyl (C=O) groups excluding carboxylic acids is 1. The van der Waals surface area contributed by atoms with Crippen LogP contribution in [0.15, 0.2) is 65.5 Å². The van der Waals surface area contributed by atoms with Crippen molar-refractivity contribution in [3.8, 4) is 0 Å². The Bertz CT molecular complexity index is 1050. The Hall–Kier alpha value is -2.92. The van der Waals surface area contributed by atoms with Crippen molar-refractivity contribution in [2.24, 2.45) is 11.8 Å². The highest BCUT2D eigenvalue weighted by atomic mass is 16.3. The number of hydrogen-bond acceptors (Lipinski definition) is 4. The first kappa shape index (κ1) is 19.1. The molecule has 1 amide bonds. The number of furan rings is 1. The molecule has 3 atom stereocenters. The number of aromatic nitrogens is 1. The lowest BCUT2D eigenvalue weighted by atomic mass is 9.87. The number of rotatable bonds is 4. The van der Waals surface area contributed by atoms with Gasteiger partial charge in [0.1, 0.15) is 6.26 Å². The summed E-state index contributed by atoms with van der Waals surface area (Å²) in [6.45, 7) is 7.81. The van der Waals surface area contributed by atoms with E-state index in [1.165, 1.54) is 11.1 Å². The molecule has 0 aliphatic carbocycles. The molecule has 4 heterocycles. The summed E-state index contributed by atoms with van der Waals surface area (Å²) in [5.41, 5.74) is 5.31. The number of fused-ring (bicyclic) bond motifs is 1. The third-order valence-electron chi connectivity index (χ3n) is 6.61. The molecule has 30 heavy (non-hydrogen) atoms. The van der Waals surface area contributed by atoms with E-state index in [0.717, 1.165) is 37.6 Å². The van der Waals surface area contributed by atoms with Crippen molar-refractivity contribution >= 4 is 5.91 Å². The van der Waals surface area contributed by atoms with Gasteiger partial charge in [0, 0.05) is 37.8 Å². The molecule has 2 aliphatic rings. The molecule has 5 nitrogen and oxygen atoms in total. The van der Waals surface area contributed by atoms with Crippen LogP contribution in [0.5, 0.6) is 0 Å². The van der Waals surface area contributed by atoms with Crippen LogP contribution in [0, 0.1) is 25.7 Å². The van der Waals surface area contributed by atoms with Gasteiger partial charge in [-0.2, -0.15) is 0 Å². The zero-order valence-electron chi connectivity index (χ0n) is 17.5.